The highest BCUT2D eigenvalue weighted by molar-refractivity contribution is 7.15. The van der Waals surface area contributed by atoms with Crippen molar-refractivity contribution in [3.8, 4) is 10.6 Å². The third-order valence-electron chi connectivity index (χ3n) is 4.19. The predicted molar refractivity (Wildman–Crippen MR) is 94.7 cm³/mol. The molecule has 1 aliphatic heterocycles. The van der Waals surface area contributed by atoms with E-state index in [0.29, 0.717) is 6.04 Å². The van der Waals surface area contributed by atoms with Gasteiger partial charge in [-0.2, -0.15) is 11.3 Å². The number of imidazole rings is 1. The molecule has 1 aliphatic rings. The van der Waals surface area contributed by atoms with Crippen LogP contribution >= 0.6 is 22.7 Å². The van der Waals surface area contributed by atoms with E-state index < -0.39 is 0 Å². The van der Waals surface area contributed by atoms with Crippen LogP contribution in [0.25, 0.3) is 10.6 Å². The molecule has 4 rings (SSSR count). The number of hydrogen-bond acceptors (Lipinski definition) is 6. The molecule has 23 heavy (non-hydrogen) atoms. The molecule has 0 radical (unpaired) electrons. The van der Waals surface area contributed by atoms with E-state index in [-0.39, 0.29) is 0 Å². The van der Waals surface area contributed by atoms with Crippen LogP contribution in [0.15, 0.2) is 35.4 Å². The zero-order chi connectivity index (χ0) is 15.6. The Morgan fingerprint density at radius 3 is 3.13 bits per heavy atom. The van der Waals surface area contributed by atoms with Gasteiger partial charge in [-0.25, -0.2) is 9.97 Å². The van der Waals surface area contributed by atoms with Crippen molar-refractivity contribution in [3.63, 3.8) is 0 Å². The molecule has 1 saturated heterocycles. The van der Waals surface area contributed by atoms with Gasteiger partial charge in [0.25, 0.3) is 0 Å². The highest BCUT2D eigenvalue weighted by Gasteiger charge is 2.27. The summed E-state index contributed by atoms with van der Waals surface area (Å²) in [5.74, 6) is 1.12. The first kappa shape index (κ1) is 15.0. The second kappa shape index (κ2) is 6.52. The molecule has 0 spiro atoms. The molecule has 1 atom stereocenters. The molecule has 1 N–H and O–H groups in total. The second-order valence-electron chi connectivity index (χ2n) is 5.73. The number of aryl methyl sites for hydroxylation is 1. The first-order valence-electron chi connectivity index (χ1n) is 7.70. The van der Waals surface area contributed by atoms with E-state index in [4.69, 9.17) is 0 Å². The molecule has 0 aliphatic carbocycles. The molecular weight excluding hydrogens is 326 g/mol. The summed E-state index contributed by atoms with van der Waals surface area (Å²) < 4.78 is 2.12. The minimum absolute atomic E-state index is 0.315. The van der Waals surface area contributed by atoms with Crippen LogP contribution in [-0.4, -0.2) is 39.1 Å². The van der Waals surface area contributed by atoms with E-state index in [1.54, 1.807) is 22.7 Å². The Morgan fingerprint density at radius 1 is 1.39 bits per heavy atom. The molecule has 1 fully saturated rings. The number of piperazine rings is 1. The Bertz CT molecular complexity index is 761. The maximum absolute atomic E-state index is 4.59. The Kier molecular flexibility index (Phi) is 4.26. The van der Waals surface area contributed by atoms with Crippen LogP contribution in [0.2, 0.25) is 0 Å². The van der Waals surface area contributed by atoms with Crippen molar-refractivity contribution >= 4 is 22.7 Å². The summed E-state index contributed by atoms with van der Waals surface area (Å²) in [6.07, 6.45) is 5.92. The maximum Gasteiger partial charge on any atom is 0.127 e. The number of nitrogens with one attached hydrogen (secondary N) is 1. The summed E-state index contributed by atoms with van der Waals surface area (Å²) in [5, 5.41) is 8.86. The SMILES string of the molecule is Cn1ccnc1C1CNCCN1Cc1cnc(-c2ccsc2)s1. The average molecular weight is 345 g/mol. The molecule has 4 heterocycles. The lowest BCUT2D eigenvalue weighted by atomic mass is 10.1. The minimum atomic E-state index is 0.315. The number of hydrogen-bond donors (Lipinski definition) is 1. The van der Waals surface area contributed by atoms with Gasteiger partial charge >= 0.3 is 0 Å². The van der Waals surface area contributed by atoms with Gasteiger partial charge in [0.1, 0.15) is 10.8 Å². The van der Waals surface area contributed by atoms with Gasteiger partial charge < -0.3 is 9.88 Å². The Balaban J connectivity index is 1.53. The summed E-state index contributed by atoms with van der Waals surface area (Å²) >= 11 is 3.51. The van der Waals surface area contributed by atoms with Crippen LogP contribution in [-0.2, 0) is 13.6 Å². The number of aromatic nitrogens is 3. The van der Waals surface area contributed by atoms with Gasteiger partial charge in [0.15, 0.2) is 0 Å². The maximum atomic E-state index is 4.59. The summed E-state index contributed by atoms with van der Waals surface area (Å²) in [6, 6.07) is 2.45. The van der Waals surface area contributed by atoms with Gasteiger partial charge in [0.2, 0.25) is 0 Å². The molecule has 0 saturated carbocycles. The van der Waals surface area contributed by atoms with Crippen LogP contribution in [0.4, 0.5) is 0 Å². The molecule has 7 heteroatoms. The van der Waals surface area contributed by atoms with Crippen molar-refractivity contribution in [2.24, 2.45) is 7.05 Å². The fourth-order valence-electron chi connectivity index (χ4n) is 2.99. The van der Waals surface area contributed by atoms with Crippen molar-refractivity contribution < 1.29 is 0 Å². The lowest BCUT2D eigenvalue weighted by Crippen LogP contribution is -2.46. The largest absolute Gasteiger partial charge is 0.337 e. The monoisotopic (exact) mass is 345 g/mol. The van der Waals surface area contributed by atoms with E-state index in [0.717, 1.165) is 37.0 Å². The zero-order valence-electron chi connectivity index (χ0n) is 13.0. The topological polar surface area (TPSA) is 46.0 Å². The van der Waals surface area contributed by atoms with E-state index in [1.807, 2.05) is 18.6 Å². The van der Waals surface area contributed by atoms with Crippen molar-refractivity contribution in [2.75, 3.05) is 19.6 Å². The van der Waals surface area contributed by atoms with Crippen molar-refractivity contribution in [1.82, 2.24) is 24.8 Å². The van der Waals surface area contributed by atoms with Gasteiger partial charge in [-0.15, -0.1) is 11.3 Å². The number of thiazole rings is 1. The van der Waals surface area contributed by atoms with Crippen LogP contribution in [0.1, 0.15) is 16.7 Å². The molecule has 3 aromatic heterocycles. The van der Waals surface area contributed by atoms with Gasteiger partial charge in [0, 0.05) is 67.6 Å². The number of nitrogens with zero attached hydrogens (tertiary/aromatic N) is 4. The first-order chi connectivity index (χ1) is 11.3. The van der Waals surface area contributed by atoms with Crippen molar-refractivity contribution in [2.45, 2.75) is 12.6 Å². The van der Waals surface area contributed by atoms with Gasteiger partial charge in [0.05, 0.1) is 6.04 Å². The highest BCUT2D eigenvalue weighted by atomic mass is 32.1. The third kappa shape index (κ3) is 3.10. The van der Waals surface area contributed by atoms with Gasteiger partial charge in [-0.1, -0.05) is 0 Å². The van der Waals surface area contributed by atoms with E-state index >= 15 is 0 Å². The second-order valence-corrected chi connectivity index (χ2v) is 7.63. The molecule has 1 unspecified atom stereocenters. The first-order valence-corrected chi connectivity index (χ1v) is 9.46. The fourth-order valence-corrected chi connectivity index (χ4v) is 4.64. The highest BCUT2D eigenvalue weighted by Crippen LogP contribution is 2.29. The van der Waals surface area contributed by atoms with Crippen molar-refractivity contribution in [3.05, 3.63) is 46.1 Å². The van der Waals surface area contributed by atoms with Crippen LogP contribution < -0.4 is 5.32 Å². The third-order valence-corrected chi connectivity index (χ3v) is 5.91. The molecule has 0 amide bonds. The Morgan fingerprint density at radius 2 is 2.35 bits per heavy atom. The summed E-state index contributed by atoms with van der Waals surface area (Å²) in [6.45, 7) is 3.93. The predicted octanol–water partition coefficient (Wildman–Crippen LogP) is 2.75. The zero-order valence-corrected chi connectivity index (χ0v) is 14.6. The summed E-state index contributed by atoms with van der Waals surface area (Å²) in [7, 11) is 2.07. The molecular formula is C16H19N5S2. The van der Waals surface area contributed by atoms with Crippen LogP contribution in [0.3, 0.4) is 0 Å². The molecule has 120 valence electrons. The van der Waals surface area contributed by atoms with Crippen molar-refractivity contribution in [1.29, 1.82) is 0 Å². The molecule has 5 nitrogen and oxygen atoms in total. The fraction of sp³-hybridized carbons (Fsp3) is 0.375. The van der Waals surface area contributed by atoms with E-state index in [1.165, 1.54) is 10.4 Å². The van der Waals surface area contributed by atoms with E-state index in [2.05, 4.69) is 48.6 Å². The quantitative estimate of drug-likeness (QED) is 0.790. The average Bonchev–Trinajstić information content (AvgIpc) is 3.29. The summed E-state index contributed by atoms with van der Waals surface area (Å²) in [5.41, 5.74) is 1.23. The molecule has 3 aromatic rings. The Hall–Kier alpha value is -1.54. The number of rotatable bonds is 4. The van der Waals surface area contributed by atoms with Crippen LogP contribution in [0, 0.1) is 0 Å². The van der Waals surface area contributed by atoms with Crippen LogP contribution in [0.5, 0.6) is 0 Å². The molecule has 0 bridgehead atoms. The van der Waals surface area contributed by atoms with Gasteiger partial charge in [-0.05, 0) is 11.4 Å². The Labute approximate surface area is 143 Å². The van der Waals surface area contributed by atoms with E-state index in [9.17, 15) is 0 Å². The normalized spacial score (nSPS) is 19.3. The minimum Gasteiger partial charge on any atom is -0.337 e. The standard InChI is InChI=1S/C16H19N5S2/c1-20-5-4-18-15(20)14-9-17-3-6-21(14)10-13-8-19-16(23-13)12-2-7-22-11-12/h2,4-5,7-8,11,14,17H,3,6,9-10H2,1H3. The molecule has 0 aromatic carbocycles. The summed E-state index contributed by atoms with van der Waals surface area (Å²) in [4.78, 5) is 13.0. The van der Waals surface area contributed by atoms with Gasteiger partial charge in [-0.3, -0.25) is 4.90 Å². The lowest BCUT2D eigenvalue weighted by molar-refractivity contribution is 0.146. The smallest absolute Gasteiger partial charge is 0.127 e. The lowest BCUT2D eigenvalue weighted by Gasteiger charge is -2.35. The number of thiophene rings is 1.